The van der Waals surface area contributed by atoms with Crippen LogP contribution in [0.1, 0.15) is 17.0 Å². The molecule has 0 atom stereocenters. The van der Waals surface area contributed by atoms with E-state index >= 15 is 0 Å². The summed E-state index contributed by atoms with van der Waals surface area (Å²) >= 11 is 0. The van der Waals surface area contributed by atoms with Gasteiger partial charge in [-0.05, 0) is 30.7 Å². The van der Waals surface area contributed by atoms with Gasteiger partial charge in [-0.15, -0.1) is 0 Å². The van der Waals surface area contributed by atoms with Crippen molar-refractivity contribution < 1.29 is 8.78 Å². The monoisotopic (exact) mass is 260 g/mol. The summed E-state index contributed by atoms with van der Waals surface area (Å²) in [6.45, 7) is 1.98. The van der Waals surface area contributed by atoms with Gasteiger partial charge in [0.15, 0.2) is 11.6 Å². The molecular weight excluding hydrogens is 250 g/mol. The van der Waals surface area contributed by atoms with Crippen molar-refractivity contribution in [1.82, 2.24) is 9.97 Å². The maximum Gasteiger partial charge on any atom is 0.224 e. The van der Waals surface area contributed by atoms with Crippen LogP contribution >= 0.6 is 0 Å². The van der Waals surface area contributed by atoms with Crippen molar-refractivity contribution >= 4 is 5.95 Å². The molecule has 1 N–H and O–H groups in total. The van der Waals surface area contributed by atoms with Crippen molar-refractivity contribution in [1.29, 1.82) is 5.26 Å². The maximum absolute atomic E-state index is 13.0. The lowest BCUT2D eigenvalue weighted by Gasteiger charge is -2.06. The van der Waals surface area contributed by atoms with E-state index in [4.69, 9.17) is 5.26 Å². The minimum absolute atomic E-state index is 0.242. The van der Waals surface area contributed by atoms with Gasteiger partial charge in [-0.2, -0.15) is 5.26 Å². The van der Waals surface area contributed by atoms with Crippen molar-refractivity contribution in [2.45, 2.75) is 13.5 Å². The van der Waals surface area contributed by atoms with Crippen LogP contribution in [0.15, 0.2) is 24.3 Å². The van der Waals surface area contributed by atoms with Crippen LogP contribution in [-0.2, 0) is 6.54 Å². The summed E-state index contributed by atoms with van der Waals surface area (Å²) in [5, 5.41) is 11.6. The summed E-state index contributed by atoms with van der Waals surface area (Å²) in [5.41, 5.74) is 1.46. The molecule has 1 heterocycles. The third-order valence-corrected chi connectivity index (χ3v) is 2.40. The third kappa shape index (κ3) is 3.22. The summed E-state index contributed by atoms with van der Waals surface area (Å²) in [4.78, 5) is 8.05. The predicted molar refractivity (Wildman–Crippen MR) is 65.2 cm³/mol. The van der Waals surface area contributed by atoms with E-state index in [1.165, 1.54) is 6.07 Å². The number of rotatable bonds is 3. The Morgan fingerprint density at radius 2 is 2.00 bits per heavy atom. The Hall–Kier alpha value is -2.55. The largest absolute Gasteiger partial charge is 0.350 e. The number of halogens is 2. The molecule has 0 spiro atoms. The fourth-order valence-electron chi connectivity index (χ4n) is 1.54. The number of nitrogens with one attached hydrogen (secondary N) is 1. The first kappa shape index (κ1) is 12.9. The molecule has 6 heteroatoms. The van der Waals surface area contributed by atoms with Crippen LogP contribution in [0.3, 0.4) is 0 Å². The summed E-state index contributed by atoms with van der Waals surface area (Å²) in [5.74, 6) is -1.51. The first-order valence-corrected chi connectivity index (χ1v) is 5.52. The molecular formula is C13H10F2N4. The van der Waals surface area contributed by atoms with E-state index in [2.05, 4.69) is 15.3 Å². The highest BCUT2D eigenvalue weighted by Crippen LogP contribution is 2.10. The number of aromatic nitrogens is 2. The average molecular weight is 260 g/mol. The summed E-state index contributed by atoms with van der Waals surface area (Å²) < 4.78 is 25.8. The minimum atomic E-state index is -0.901. The van der Waals surface area contributed by atoms with Gasteiger partial charge >= 0.3 is 0 Å². The molecule has 0 bridgehead atoms. The number of anilines is 1. The van der Waals surface area contributed by atoms with Crippen LogP contribution in [0.2, 0.25) is 0 Å². The Morgan fingerprint density at radius 1 is 1.21 bits per heavy atom. The highest BCUT2D eigenvalue weighted by Gasteiger charge is 2.04. The fraction of sp³-hybridized carbons (Fsp3) is 0.154. The molecule has 0 saturated carbocycles. The van der Waals surface area contributed by atoms with Gasteiger partial charge in [0.25, 0.3) is 0 Å². The lowest BCUT2D eigenvalue weighted by molar-refractivity contribution is 0.507. The molecule has 0 amide bonds. The van der Waals surface area contributed by atoms with Gasteiger partial charge in [0, 0.05) is 12.2 Å². The van der Waals surface area contributed by atoms with Gasteiger partial charge in [0.1, 0.15) is 11.8 Å². The first-order chi connectivity index (χ1) is 9.08. The normalized spacial score (nSPS) is 10.0. The molecule has 0 aliphatic carbocycles. The van der Waals surface area contributed by atoms with Crippen LogP contribution in [-0.4, -0.2) is 9.97 Å². The van der Waals surface area contributed by atoms with E-state index in [9.17, 15) is 8.78 Å². The molecule has 0 aliphatic heterocycles. The van der Waals surface area contributed by atoms with Gasteiger partial charge in [-0.25, -0.2) is 18.7 Å². The van der Waals surface area contributed by atoms with Crippen LogP contribution < -0.4 is 5.32 Å². The van der Waals surface area contributed by atoms with Gasteiger partial charge in [-0.1, -0.05) is 6.07 Å². The van der Waals surface area contributed by atoms with Gasteiger partial charge in [0.05, 0.1) is 0 Å². The quantitative estimate of drug-likeness (QED) is 0.921. The maximum atomic E-state index is 13.0. The van der Waals surface area contributed by atoms with Crippen molar-refractivity contribution in [2.24, 2.45) is 0 Å². The Labute approximate surface area is 108 Å². The van der Waals surface area contributed by atoms with E-state index in [1.54, 1.807) is 13.0 Å². The molecule has 19 heavy (non-hydrogen) atoms. The Morgan fingerprint density at radius 3 is 2.68 bits per heavy atom. The minimum Gasteiger partial charge on any atom is -0.350 e. The van der Waals surface area contributed by atoms with Gasteiger partial charge in [0.2, 0.25) is 5.95 Å². The van der Waals surface area contributed by atoms with Crippen LogP contribution in [0.4, 0.5) is 14.7 Å². The summed E-state index contributed by atoms with van der Waals surface area (Å²) in [6, 6.07) is 7.11. The van der Waals surface area contributed by atoms with Crippen molar-refractivity contribution in [3.63, 3.8) is 0 Å². The van der Waals surface area contributed by atoms with Gasteiger partial charge in [-0.3, -0.25) is 0 Å². The topological polar surface area (TPSA) is 61.6 Å². The number of benzene rings is 1. The zero-order valence-corrected chi connectivity index (χ0v) is 10.1. The fourth-order valence-corrected chi connectivity index (χ4v) is 1.54. The number of nitriles is 1. The zero-order chi connectivity index (χ0) is 13.8. The van der Waals surface area contributed by atoms with Crippen molar-refractivity contribution in [3.05, 3.63) is 52.9 Å². The highest BCUT2D eigenvalue weighted by atomic mass is 19.2. The Bertz CT molecular complexity index is 650. The second-order valence-electron chi connectivity index (χ2n) is 3.93. The van der Waals surface area contributed by atoms with Crippen LogP contribution in [0, 0.1) is 29.9 Å². The van der Waals surface area contributed by atoms with E-state index in [0.29, 0.717) is 11.3 Å². The molecule has 0 fully saturated rings. The SMILES string of the molecule is Cc1cc(C#N)nc(NCc2ccc(F)c(F)c2)n1. The number of hydrogen-bond acceptors (Lipinski definition) is 4. The lowest BCUT2D eigenvalue weighted by atomic mass is 10.2. The molecule has 0 saturated heterocycles. The summed E-state index contributed by atoms with van der Waals surface area (Å²) in [6.07, 6.45) is 0. The standard InChI is InChI=1S/C13H10F2N4/c1-8-4-10(6-16)19-13(18-8)17-7-9-2-3-11(14)12(15)5-9/h2-5H,7H2,1H3,(H,17,18,19). The molecule has 96 valence electrons. The van der Waals surface area contributed by atoms with Gasteiger partial charge < -0.3 is 5.32 Å². The smallest absolute Gasteiger partial charge is 0.224 e. The molecule has 4 nitrogen and oxygen atoms in total. The zero-order valence-electron chi connectivity index (χ0n) is 10.1. The average Bonchev–Trinajstić information content (AvgIpc) is 2.39. The Kier molecular flexibility index (Phi) is 3.66. The highest BCUT2D eigenvalue weighted by molar-refractivity contribution is 5.34. The van der Waals surface area contributed by atoms with Crippen LogP contribution in [0.5, 0.6) is 0 Å². The van der Waals surface area contributed by atoms with Crippen molar-refractivity contribution in [2.75, 3.05) is 5.32 Å². The van der Waals surface area contributed by atoms with Crippen LogP contribution in [0.25, 0.3) is 0 Å². The summed E-state index contributed by atoms with van der Waals surface area (Å²) in [7, 11) is 0. The second kappa shape index (κ2) is 5.40. The lowest BCUT2D eigenvalue weighted by Crippen LogP contribution is -2.06. The van der Waals surface area contributed by atoms with E-state index in [0.717, 1.165) is 12.1 Å². The molecule has 0 unspecified atom stereocenters. The molecule has 1 aromatic heterocycles. The van der Waals surface area contributed by atoms with E-state index in [-0.39, 0.29) is 18.2 Å². The van der Waals surface area contributed by atoms with E-state index in [1.807, 2.05) is 6.07 Å². The molecule has 1 aromatic carbocycles. The number of nitrogens with zero attached hydrogens (tertiary/aromatic N) is 3. The van der Waals surface area contributed by atoms with Crippen molar-refractivity contribution in [3.8, 4) is 6.07 Å². The Balaban J connectivity index is 2.12. The molecule has 2 rings (SSSR count). The number of aryl methyl sites for hydroxylation is 1. The predicted octanol–water partition coefficient (Wildman–Crippen LogP) is 2.55. The molecule has 2 aromatic rings. The third-order valence-electron chi connectivity index (χ3n) is 2.40. The molecule has 0 aliphatic rings. The molecule has 0 radical (unpaired) electrons. The second-order valence-corrected chi connectivity index (χ2v) is 3.93. The first-order valence-electron chi connectivity index (χ1n) is 5.52. The number of hydrogen-bond donors (Lipinski definition) is 1. The van der Waals surface area contributed by atoms with E-state index < -0.39 is 11.6 Å².